The zero-order chi connectivity index (χ0) is 4.41. The van der Waals surface area contributed by atoms with Crippen molar-refractivity contribution in [1.29, 1.82) is 0 Å². The Morgan fingerprint density at radius 2 is 2.67 bits per heavy atom. The summed E-state index contributed by atoms with van der Waals surface area (Å²) in [5, 5.41) is 0. The second-order valence-corrected chi connectivity index (χ2v) is 1.22. The highest BCUT2D eigenvalue weighted by Gasteiger charge is 1.96. The van der Waals surface area contributed by atoms with Crippen molar-refractivity contribution in [2.24, 2.45) is 0 Å². The summed E-state index contributed by atoms with van der Waals surface area (Å²) in [5.74, 6) is 0. The van der Waals surface area contributed by atoms with E-state index in [0.29, 0.717) is 0 Å². The first-order valence-electron chi connectivity index (χ1n) is 1.84. The molecule has 0 saturated carbocycles. The van der Waals surface area contributed by atoms with E-state index in [4.69, 9.17) is 0 Å². The number of hydrogen-bond donors (Lipinski definition) is 0. The van der Waals surface area contributed by atoms with Crippen LogP contribution in [0.2, 0.25) is 0 Å². The summed E-state index contributed by atoms with van der Waals surface area (Å²) in [6.45, 7) is 3.65. The van der Waals surface area contributed by atoms with Crippen molar-refractivity contribution in [3.05, 3.63) is 36.5 Å². The number of allylic oxidation sites excluding steroid dienone is 2. The minimum absolute atomic E-state index is 1.04. The van der Waals surface area contributed by atoms with Crippen molar-refractivity contribution in [1.82, 2.24) is 0 Å². The SMILES string of the molecule is C=C1C=C=C[CH+]1. The van der Waals surface area contributed by atoms with Gasteiger partial charge in [0.2, 0.25) is 0 Å². The normalized spacial score (nSPS) is 15.7. The second-order valence-electron chi connectivity index (χ2n) is 1.22. The van der Waals surface area contributed by atoms with Gasteiger partial charge in [-0.15, -0.1) is 0 Å². The molecule has 0 N–H and O–H groups in total. The molecular formula is C6H5+. The van der Waals surface area contributed by atoms with Gasteiger partial charge in [-0.1, -0.05) is 0 Å². The minimum Gasteiger partial charge on any atom is -0.0145 e. The summed E-state index contributed by atoms with van der Waals surface area (Å²) >= 11 is 0. The Bertz CT molecular complexity index is 123. The lowest BCUT2D eigenvalue weighted by Crippen LogP contribution is -1.60. The van der Waals surface area contributed by atoms with Crippen molar-refractivity contribution in [2.75, 3.05) is 0 Å². The molecule has 1 rings (SSSR count). The lowest BCUT2D eigenvalue weighted by Gasteiger charge is -1.65. The van der Waals surface area contributed by atoms with Gasteiger partial charge in [0.05, 0.1) is 6.08 Å². The van der Waals surface area contributed by atoms with Crippen LogP contribution in [0.5, 0.6) is 0 Å². The molecule has 0 spiro atoms. The van der Waals surface area contributed by atoms with Gasteiger partial charge in [0, 0.05) is 12.2 Å². The van der Waals surface area contributed by atoms with Crippen molar-refractivity contribution >= 4 is 0 Å². The smallest absolute Gasteiger partial charge is 0.0145 e. The Kier molecular flexibility index (Phi) is 0.597. The Labute approximate surface area is 37.5 Å². The molecule has 0 heteroatoms. The molecular weight excluding hydrogens is 72.1 g/mol. The molecule has 0 nitrogen and oxygen atoms in total. The lowest BCUT2D eigenvalue weighted by molar-refractivity contribution is 1.69. The highest BCUT2D eigenvalue weighted by molar-refractivity contribution is 5.34. The van der Waals surface area contributed by atoms with Gasteiger partial charge < -0.3 is 0 Å². The maximum absolute atomic E-state index is 3.65. The third-order valence-corrected chi connectivity index (χ3v) is 0.662. The van der Waals surface area contributed by atoms with Gasteiger partial charge in [0.1, 0.15) is 11.6 Å². The Morgan fingerprint density at radius 3 is 2.83 bits per heavy atom. The monoisotopic (exact) mass is 77.0 g/mol. The predicted molar refractivity (Wildman–Crippen MR) is 26.1 cm³/mol. The molecule has 0 heterocycles. The fraction of sp³-hybridized carbons (Fsp3) is 0. The summed E-state index contributed by atoms with van der Waals surface area (Å²) < 4.78 is 0. The van der Waals surface area contributed by atoms with Crippen LogP contribution >= 0.6 is 0 Å². The first-order valence-corrected chi connectivity index (χ1v) is 1.84. The van der Waals surface area contributed by atoms with Crippen molar-refractivity contribution in [3.63, 3.8) is 0 Å². The van der Waals surface area contributed by atoms with E-state index in [1.54, 1.807) is 0 Å². The molecule has 0 unspecified atom stereocenters. The zero-order valence-electron chi connectivity index (χ0n) is 3.44. The van der Waals surface area contributed by atoms with Crippen LogP contribution in [-0.2, 0) is 0 Å². The third-order valence-electron chi connectivity index (χ3n) is 0.662. The third kappa shape index (κ3) is 0.378. The maximum atomic E-state index is 3.65. The van der Waals surface area contributed by atoms with Gasteiger partial charge in [-0.05, 0) is 6.58 Å². The van der Waals surface area contributed by atoms with Crippen LogP contribution < -0.4 is 0 Å². The molecule has 0 aromatic carbocycles. The van der Waals surface area contributed by atoms with Crippen LogP contribution in [0.4, 0.5) is 0 Å². The molecule has 28 valence electrons. The molecule has 0 bridgehead atoms. The molecule has 1 aliphatic carbocycles. The van der Waals surface area contributed by atoms with Crippen LogP contribution in [0.1, 0.15) is 0 Å². The van der Waals surface area contributed by atoms with Gasteiger partial charge in [-0.3, -0.25) is 0 Å². The number of rotatable bonds is 0. The van der Waals surface area contributed by atoms with E-state index >= 15 is 0 Å². The van der Waals surface area contributed by atoms with Crippen molar-refractivity contribution < 1.29 is 0 Å². The molecule has 0 amide bonds. The zero-order valence-corrected chi connectivity index (χ0v) is 3.44. The van der Waals surface area contributed by atoms with E-state index in [0.717, 1.165) is 5.57 Å². The van der Waals surface area contributed by atoms with Crippen LogP contribution in [0, 0.1) is 6.42 Å². The van der Waals surface area contributed by atoms with E-state index < -0.39 is 0 Å². The maximum Gasteiger partial charge on any atom is 0.114 e. The number of hydrogen-bond acceptors (Lipinski definition) is 0. The van der Waals surface area contributed by atoms with Gasteiger partial charge in [-0.2, -0.15) is 0 Å². The summed E-state index contributed by atoms with van der Waals surface area (Å²) in [5.41, 5.74) is 3.90. The van der Waals surface area contributed by atoms with Crippen molar-refractivity contribution in [3.8, 4) is 0 Å². The first kappa shape index (κ1) is 3.32. The topological polar surface area (TPSA) is 0 Å². The fourth-order valence-electron chi connectivity index (χ4n) is 0.358. The van der Waals surface area contributed by atoms with Gasteiger partial charge in [0.25, 0.3) is 0 Å². The molecule has 0 aromatic rings. The van der Waals surface area contributed by atoms with Gasteiger partial charge in [0.15, 0.2) is 0 Å². The average Bonchev–Trinajstić information content (AvgIpc) is 1.86. The average molecular weight is 77.1 g/mol. The van der Waals surface area contributed by atoms with E-state index in [1.807, 2.05) is 18.6 Å². The Morgan fingerprint density at radius 1 is 1.83 bits per heavy atom. The molecule has 0 aliphatic heterocycles. The van der Waals surface area contributed by atoms with E-state index in [2.05, 4.69) is 12.3 Å². The lowest BCUT2D eigenvalue weighted by atomic mass is 10.3. The highest BCUT2D eigenvalue weighted by atomic mass is 13.9. The molecule has 0 saturated heterocycles. The summed E-state index contributed by atoms with van der Waals surface area (Å²) in [7, 11) is 0. The van der Waals surface area contributed by atoms with Crippen LogP contribution in [0.15, 0.2) is 30.0 Å². The quantitative estimate of drug-likeness (QED) is 0.303. The Balaban J connectivity index is 2.79. The Hall–Kier alpha value is -0.870. The van der Waals surface area contributed by atoms with E-state index in [1.165, 1.54) is 0 Å². The molecule has 0 atom stereocenters. The summed E-state index contributed by atoms with van der Waals surface area (Å²) in [4.78, 5) is 0. The predicted octanol–water partition coefficient (Wildman–Crippen LogP) is 1.47. The van der Waals surface area contributed by atoms with Crippen molar-refractivity contribution in [2.45, 2.75) is 0 Å². The summed E-state index contributed by atoms with van der Waals surface area (Å²) in [6.07, 6.45) is 5.61. The molecule has 0 radical (unpaired) electrons. The van der Waals surface area contributed by atoms with Crippen LogP contribution in [0.25, 0.3) is 0 Å². The molecule has 0 fully saturated rings. The van der Waals surface area contributed by atoms with Gasteiger partial charge >= 0.3 is 0 Å². The molecule has 0 aromatic heterocycles. The largest absolute Gasteiger partial charge is 0.114 e. The van der Waals surface area contributed by atoms with Crippen LogP contribution in [0.3, 0.4) is 0 Å². The first-order chi connectivity index (χ1) is 2.89. The highest BCUT2D eigenvalue weighted by Crippen LogP contribution is 2.02. The standard InChI is InChI=1S/C6H5/c1-6-4-2-3-5-6/h2,4-5H,1H2/q+1. The minimum atomic E-state index is 1.04. The van der Waals surface area contributed by atoms with Crippen LogP contribution in [-0.4, -0.2) is 0 Å². The van der Waals surface area contributed by atoms with E-state index in [9.17, 15) is 0 Å². The second kappa shape index (κ2) is 1.08. The molecule has 6 heavy (non-hydrogen) atoms. The molecule has 1 aliphatic rings. The fourth-order valence-corrected chi connectivity index (χ4v) is 0.358. The summed E-state index contributed by atoms with van der Waals surface area (Å²) in [6, 6.07) is 0. The van der Waals surface area contributed by atoms with Gasteiger partial charge in [-0.25, -0.2) is 0 Å². The van der Waals surface area contributed by atoms with E-state index in [-0.39, 0.29) is 0 Å².